The summed E-state index contributed by atoms with van der Waals surface area (Å²) in [5.74, 6) is 1.09. The van der Waals surface area contributed by atoms with Gasteiger partial charge < -0.3 is 20.1 Å². The highest BCUT2D eigenvalue weighted by atomic mass is 16.6. The first-order valence-corrected chi connectivity index (χ1v) is 8.96. The lowest BCUT2D eigenvalue weighted by atomic mass is 9.68. The van der Waals surface area contributed by atoms with Crippen LogP contribution in [0.15, 0.2) is 12.3 Å². The lowest BCUT2D eigenvalue weighted by molar-refractivity contribution is -0.128. The normalized spacial score (nSPS) is 28.6. The monoisotopic (exact) mass is 348 g/mol. The fourth-order valence-corrected chi connectivity index (χ4v) is 3.61. The van der Waals surface area contributed by atoms with E-state index in [1.165, 1.54) is 0 Å². The number of aryl methyl sites for hydroxylation is 1. The molecule has 1 aromatic rings. The van der Waals surface area contributed by atoms with Gasteiger partial charge in [0.2, 0.25) is 0 Å². The molecule has 1 saturated carbocycles. The number of hydrogen-bond donors (Lipinski definition) is 2. The predicted octanol–water partition coefficient (Wildman–Crippen LogP) is 1.95. The first-order chi connectivity index (χ1) is 11.8. The summed E-state index contributed by atoms with van der Waals surface area (Å²) >= 11 is 0. The Hall–Kier alpha value is -1.73. The number of carbonyl (C=O) groups is 1. The number of carbonyl (C=O) groups excluding carboxylic acids is 1. The largest absolute Gasteiger partial charge is 0.444 e. The van der Waals surface area contributed by atoms with E-state index >= 15 is 0 Å². The van der Waals surface area contributed by atoms with Crippen LogP contribution in [-0.4, -0.2) is 46.5 Å². The van der Waals surface area contributed by atoms with Gasteiger partial charge in [-0.2, -0.15) is 0 Å². The molecule has 1 aliphatic carbocycles. The molecule has 1 amide bonds. The molecule has 2 aliphatic rings. The molecule has 7 nitrogen and oxygen atoms in total. The molecular formula is C18H28N4O3. The maximum atomic E-state index is 12.2. The van der Waals surface area contributed by atoms with Crippen molar-refractivity contribution in [1.82, 2.24) is 20.6 Å². The van der Waals surface area contributed by atoms with Crippen LogP contribution in [0.25, 0.3) is 0 Å². The number of aromatic nitrogens is 2. The first-order valence-electron chi connectivity index (χ1n) is 8.96. The maximum Gasteiger partial charge on any atom is 0.407 e. The van der Waals surface area contributed by atoms with Gasteiger partial charge in [-0.1, -0.05) is 0 Å². The van der Waals surface area contributed by atoms with Crippen LogP contribution >= 0.6 is 0 Å². The molecule has 4 unspecified atom stereocenters. The van der Waals surface area contributed by atoms with Crippen molar-refractivity contribution in [3.63, 3.8) is 0 Å². The lowest BCUT2D eigenvalue weighted by Crippen LogP contribution is -2.73. The fraction of sp³-hybridized carbons (Fsp3) is 0.722. The zero-order valence-electron chi connectivity index (χ0n) is 15.4. The topological polar surface area (TPSA) is 85.4 Å². The Morgan fingerprint density at radius 3 is 2.92 bits per heavy atom. The molecule has 0 bridgehead atoms. The highest BCUT2D eigenvalue weighted by molar-refractivity contribution is 5.68. The van der Waals surface area contributed by atoms with Gasteiger partial charge in [0, 0.05) is 25.3 Å². The number of amides is 1. The van der Waals surface area contributed by atoms with Crippen LogP contribution in [0.2, 0.25) is 0 Å². The molecule has 3 rings (SSSR count). The van der Waals surface area contributed by atoms with Crippen molar-refractivity contribution in [2.24, 2.45) is 5.92 Å². The third-order valence-corrected chi connectivity index (χ3v) is 4.65. The minimum Gasteiger partial charge on any atom is -0.444 e. The number of hydrogen-bond acceptors (Lipinski definition) is 6. The summed E-state index contributed by atoms with van der Waals surface area (Å²) in [6.45, 7) is 8.88. The molecule has 2 heterocycles. The summed E-state index contributed by atoms with van der Waals surface area (Å²) in [4.78, 5) is 20.7. The molecule has 25 heavy (non-hydrogen) atoms. The molecule has 1 saturated heterocycles. The number of rotatable bonds is 4. The van der Waals surface area contributed by atoms with E-state index in [4.69, 9.17) is 9.47 Å². The predicted molar refractivity (Wildman–Crippen MR) is 93.0 cm³/mol. The Morgan fingerprint density at radius 1 is 1.40 bits per heavy atom. The average molecular weight is 348 g/mol. The number of ether oxygens (including phenoxy) is 2. The minimum absolute atomic E-state index is 0.0167. The zero-order valence-corrected chi connectivity index (χ0v) is 15.4. The summed E-state index contributed by atoms with van der Waals surface area (Å²) in [5.41, 5.74) is 0.431. The second kappa shape index (κ2) is 7.25. The number of nitrogens with one attached hydrogen (secondary N) is 2. The van der Waals surface area contributed by atoms with Gasteiger partial charge in [-0.25, -0.2) is 14.8 Å². The van der Waals surface area contributed by atoms with Gasteiger partial charge in [0.05, 0.1) is 23.9 Å². The SMILES string of the molecule is Cc1nccc(CNC2C(NC(=O)OC(C)(C)C)C3CCCOC32)n1. The molecule has 2 N–H and O–H groups in total. The van der Waals surface area contributed by atoms with E-state index in [1.807, 2.05) is 33.8 Å². The average Bonchev–Trinajstić information content (AvgIpc) is 2.51. The van der Waals surface area contributed by atoms with E-state index in [2.05, 4.69) is 20.6 Å². The number of fused-ring (bicyclic) bond motifs is 1. The van der Waals surface area contributed by atoms with Crippen molar-refractivity contribution >= 4 is 6.09 Å². The summed E-state index contributed by atoms with van der Waals surface area (Å²) in [6, 6.07) is 1.98. The summed E-state index contributed by atoms with van der Waals surface area (Å²) < 4.78 is 11.3. The second-order valence-corrected chi connectivity index (χ2v) is 7.82. The Labute approximate surface area is 148 Å². The Balaban J connectivity index is 1.61. The van der Waals surface area contributed by atoms with Crippen molar-refractivity contribution in [1.29, 1.82) is 0 Å². The molecule has 0 spiro atoms. The minimum atomic E-state index is -0.502. The van der Waals surface area contributed by atoms with Crippen LogP contribution in [0.1, 0.15) is 45.1 Å². The van der Waals surface area contributed by atoms with Crippen LogP contribution in [0.4, 0.5) is 4.79 Å². The van der Waals surface area contributed by atoms with Gasteiger partial charge in [0.1, 0.15) is 11.4 Å². The molecule has 1 aliphatic heterocycles. The first kappa shape index (κ1) is 18.1. The van der Waals surface area contributed by atoms with E-state index in [9.17, 15) is 4.79 Å². The second-order valence-electron chi connectivity index (χ2n) is 7.82. The molecule has 138 valence electrons. The lowest BCUT2D eigenvalue weighted by Gasteiger charge is -2.54. The third kappa shape index (κ3) is 4.46. The quantitative estimate of drug-likeness (QED) is 0.865. The third-order valence-electron chi connectivity index (χ3n) is 4.65. The van der Waals surface area contributed by atoms with Gasteiger partial charge >= 0.3 is 6.09 Å². The smallest absolute Gasteiger partial charge is 0.407 e. The van der Waals surface area contributed by atoms with Crippen molar-refractivity contribution in [3.05, 3.63) is 23.8 Å². The van der Waals surface area contributed by atoms with Gasteiger partial charge in [-0.3, -0.25) is 0 Å². The Kier molecular flexibility index (Phi) is 5.24. The standard InChI is InChI=1S/C18H28N4O3/c1-11-19-8-7-12(21-11)10-20-15-14(13-6-5-9-24-16(13)15)22-17(23)25-18(2,3)4/h7-8,13-16,20H,5-6,9-10H2,1-4H3,(H,22,23). The van der Waals surface area contributed by atoms with Crippen LogP contribution in [0.5, 0.6) is 0 Å². The molecule has 0 aromatic carbocycles. The zero-order chi connectivity index (χ0) is 18.0. The van der Waals surface area contributed by atoms with Gasteiger partial charge in [0.25, 0.3) is 0 Å². The van der Waals surface area contributed by atoms with Crippen LogP contribution in [0, 0.1) is 12.8 Å². The molecular weight excluding hydrogens is 320 g/mol. The van der Waals surface area contributed by atoms with Crippen molar-refractivity contribution in [2.75, 3.05) is 6.61 Å². The highest BCUT2D eigenvalue weighted by Gasteiger charge is 2.53. The number of alkyl carbamates (subject to hydrolysis) is 1. The molecule has 1 aromatic heterocycles. The number of nitrogens with zero attached hydrogens (tertiary/aromatic N) is 2. The van der Waals surface area contributed by atoms with Crippen LogP contribution in [-0.2, 0) is 16.0 Å². The summed E-state index contributed by atoms with van der Waals surface area (Å²) in [7, 11) is 0. The Bertz CT molecular complexity index is 617. The summed E-state index contributed by atoms with van der Waals surface area (Å²) in [5, 5.41) is 6.53. The van der Waals surface area contributed by atoms with E-state index < -0.39 is 5.60 Å². The highest BCUT2D eigenvalue weighted by Crippen LogP contribution is 2.38. The van der Waals surface area contributed by atoms with E-state index in [0.29, 0.717) is 12.5 Å². The van der Waals surface area contributed by atoms with Gasteiger partial charge in [0.15, 0.2) is 0 Å². The summed E-state index contributed by atoms with van der Waals surface area (Å²) in [6.07, 6.45) is 3.63. The van der Waals surface area contributed by atoms with E-state index in [1.54, 1.807) is 6.20 Å². The fourth-order valence-electron chi connectivity index (χ4n) is 3.61. The Morgan fingerprint density at radius 2 is 2.20 bits per heavy atom. The van der Waals surface area contributed by atoms with E-state index in [0.717, 1.165) is 31.0 Å². The van der Waals surface area contributed by atoms with Gasteiger partial charge in [-0.05, 0) is 46.6 Å². The van der Waals surface area contributed by atoms with Crippen molar-refractivity contribution in [2.45, 2.75) is 70.9 Å². The van der Waals surface area contributed by atoms with Gasteiger partial charge in [-0.15, -0.1) is 0 Å². The van der Waals surface area contributed by atoms with Crippen LogP contribution < -0.4 is 10.6 Å². The molecule has 2 fully saturated rings. The van der Waals surface area contributed by atoms with Crippen LogP contribution in [0.3, 0.4) is 0 Å². The molecule has 4 atom stereocenters. The van der Waals surface area contributed by atoms with E-state index in [-0.39, 0.29) is 24.3 Å². The van der Waals surface area contributed by atoms with Crippen molar-refractivity contribution < 1.29 is 14.3 Å². The molecule has 7 heteroatoms. The maximum absolute atomic E-state index is 12.2. The van der Waals surface area contributed by atoms with Crippen molar-refractivity contribution in [3.8, 4) is 0 Å². The molecule has 0 radical (unpaired) electrons.